The van der Waals surface area contributed by atoms with Crippen molar-refractivity contribution in [3.05, 3.63) is 29.8 Å². The normalized spacial score (nSPS) is 17.5. The van der Waals surface area contributed by atoms with E-state index in [1.54, 1.807) is 12.1 Å². The third-order valence-electron chi connectivity index (χ3n) is 4.10. The molecule has 5 nitrogen and oxygen atoms in total. The van der Waals surface area contributed by atoms with E-state index in [4.69, 9.17) is 0 Å². The van der Waals surface area contributed by atoms with Gasteiger partial charge in [-0.15, -0.1) is 0 Å². The van der Waals surface area contributed by atoms with Crippen LogP contribution in [0, 0.1) is 5.92 Å². The summed E-state index contributed by atoms with van der Waals surface area (Å²) in [6.45, 7) is 0. The van der Waals surface area contributed by atoms with E-state index >= 15 is 0 Å². The van der Waals surface area contributed by atoms with Crippen molar-refractivity contribution in [3.8, 4) is 0 Å². The molecule has 1 fully saturated rings. The van der Waals surface area contributed by atoms with Gasteiger partial charge in [0.05, 0.1) is 16.4 Å². The first-order chi connectivity index (χ1) is 10.3. The zero-order chi connectivity index (χ0) is 16.2. The number of sulfone groups is 1. The molecular weight excluding hydrogens is 322 g/mol. The number of rotatable bonds is 6. The summed E-state index contributed by atoms with van der Waals surface area (Å²) in [5, 5.41) is 0. The van der Waals surface area contributed by atoms with Gasteiger partial charge >= 0.3 is 0 Å². The maximum Gasteiger partial charge on any atom is 0.240 e. The molecule has 0 saturated heterocycles. The van der Waals surface area contributed by atoms with E-state index in [9.17, 15) is 16.8 Å². The summed E-state index contributed by atoms with van der Waals surface area (Å²) in [5.74, 6) is 0.495. The quantitative estimate of drug-likeness (QED) is 0.856. The molecule has 0 spiro atoms. The third-order valence-corrected chi connectivity index (χ3v) is 7.29. The lowest BCUT2D eigenvalue weighted by molar-refractivity contribution is 0.385. The van der Waals surface area contributed by atoms with Gasteiger partial charge in [-0.3, -0.25) is 0 Å². The highest BCUT2D eigenvalue weighted by atomic mass is 32.2. The second kappa shape index (κ2) is 7.10. The maximum atomic E-state index is 12.3. The number of benzene rings is 1. The molecule has 2 rings (SSSR count). The largest absolute Gasteiger partial charge is 0.240 e. The summed E-state index contributed by atoms with van der Waals surface area (Å²) in [6.07, 6.45) is 5.45. The molecule has 124 valence electrons. The van der Waals surface area contributed by atoms with Gasteiger partial charge in [-0.1, -0.05) is 31.4 Å². The second-order valence-electron chi connectivity index (χ2n) is 5.91. The van der Waals surface area contributed by atoms with Gasteiger partial charge in [0.1, 0.15) is 0 Å². The Labute approximate surface area is 133 Å². The summed E-state index contributed by atoms with van der Waals surface area (Å²) in [5.41, 5.74) is 0.630. The van der Waals surface area contributed by atoms with Crippen molar-refractivity contribution in [3.63, 3.8) is 0 Å². The first-order valence-electron chi connectivity index (χ1n) is 7.55. The highest BCUT2D eigenvalue weighted by molar-refractivity contribution is 7.90. The third kappa shape index (κ3) is 4.79. The van der Waals surface area contributed by atoms with Gasteiger partial charge in [0.25, 0.3) is 0 Å². The van der Waals surface area contributed by atoms with Crippen molar-refractivity contribution in [2.45, 2.75) is 42.8 Å². The second-order valence-corrected chi connectivity index (χ2v) is 9.91. The zero-order valence-electron chi connectivity index (χ0n) is 12.8. The minimum absolute atomic E-state index is 0.0244. The molecule has 1 aromatic rings. The van der Waals surface area contributed by atoms with E-state index in [0.29, 0.717) is 5.56 Å². The van der Waals surface area contributed by atoms with E-state index < -0.39 is 19.9 Å². The van der Waals surface area contributed by atoms with Gasteiger partial charge in [0, 0.05) is 0 Å². The van der Waals surface area contributed by atoms with Gasteiger partial charge in [0.15, 0.2) is 9.84 Å². The van der Waals surface area contributed by atoms with Crippen LogP contribution in [0.3, 0.4) is 0 Å². The van der Waals surface area contributed by atoms with Crippen LogP contribution in [0.4, 0.5) is 0 Å². The lowest BCUT2D eigenvalue weighted by atomic mass is 9.91. The van der Waals surface area contributed by atoms with Crippen LogP contribution in [-0.2, 0) is 25.6 Å². The van der Waals surface area contributed by atoms with E-state index in [1.165, 1.54) is 25.6 Å². The van der Waals surface area contributed by atoms with E-state index in [2.05, 4.69) is 4.72 Å². The molecule has 7 heteroatoms. The monoisotopic (exact) mass is 345 g/mol. The Hall–Kier alpha value is -0.920. The maximum absolute atomic E-state index is 12.3. The predicted molar refractivity (Wildman–Crippen MR) is 86.8 cm³/mol. The smallest absolute Gasteiger partial charge is 0.228 e. The molecule has 22 heavy (non-hydrogen) atoms. The molecule has 0 radical (unpaired) electrons. The highest BCUT2D eigenvalue weighted by Gasteiger charge is 2.22. The molecule has 0 heterocycles. The van der Waals surface area contributed by atoms with Crippen LogP contribution in [0.25, 0.3) is 0 Å². The summed E-state index contributed by atoms with van der Waals surface area (Å²) in [4.78, 5) is 0.142. The van der Waals surface area contributed by atoms with Crippen LogP contribution in [0.2, 0.25) is 0 Å². The molecule has 0 amide bonds. The molecule has 1 aliphatic carbocycles. The van der Waals surface area contributed by atoms with Crippen molar-refractivity contribution in [1.29, 1.82) is 0 Å². The molecule has 0 aromatic heterocycles. The van der Waals surface area contributed by atoms with Crippen molar-refractivity contribution < 1.29 is 16.8 Å². The summed E-state index contributed by atoms with van der Waals surface area (Å²) in [7, 11) is -5.29. The predicted octanol–water partition coefficient (Wildman–Crippen LogP) is 2.09. The fraction of sp³-hybridized carbons (Fsp3) is 0.600. The minimum Gasteiger partial charge on any atom is -0.228 e. The number of hydrogen-bond acceptors (Lipinski definition) is 4. The Morgan fingerprint density at radius 2 is 1.59 bits per heavy atom. The summed E-state index contributed by atoms with van der Waals surface area (Å²) in [6, 6.07) is 6.03. The zero-order valence-corrected chi connectivity index (χ0v) is 14.4. The van der Waals surface area contributed by atoms with Crippen molar-refractivity contribution in [2.24, 2.45) is 5.92 Å². The SMILES string of the molecule is CNS(=O)(=O)c1ccc(CS(=O)(=O)CC2CCCCC2)cc1. The van der Waals surface area contributed by atoms with Crippen LogP contribution in [-0.4, -0.2) is 29.6 Å². The van der Waals surface area contributed by atoms with Crippen molar-refractivity contribution in [1.82, 2.24) is 4.72 Å². The van der Waals surface area contributed by atoms with Gasteiger partial charge in [-0.05, 0) is 43.5 Å². The fourth-order valence-corrected chi connectivity index (χ4v) is 5.51. The summed E-state index contributed by atoms with van der Waals surface area (Å²) < 4.78 is 50.0. The highest BCUT2D eigenvalue weighted by Crippen LogP contribution is 2.26. The summed E-state index contributed by atoms with van der Waals surface area (Å²) >= 11 is 0. The van der Waals surface area contributed by atoms with Crippen LogP contribution >= 0.6 is 0 Å². The Morgan fingerprint density at radius 1 is 1.00 bits per heavy atom. The standard InChI is InChI=1S/C15H23NO4S2/c1-16-22(19,20)15-9-7-14(8-10-15)12-21(17,18)11-13-5-3-2-4-6-13/h7-10,13,16H,2-6,11-12H2,1H3. The Morgan fingerprint density at radius 3 is 2.14 bits per heavy atom. The lowest BCUT2D eigenvalue weighted by Crippen LogP contribution is -2.20. The molecule has 0 atom stereocenters. The van der Waals surface area contributed by atoms with Crippen LogP contribution in [0.5, 0.6) is 0 Å². The van der Waals surface area contributed by atoms with Gasteiger partial charge in [0.2, 0.25) is 10.0 Å². The van der Waals surface area contributed by atoms with E-state index in [0.717, 1.165) is 25.7 Å². The molecule has 1 N–H and O–H groups in total. The molecule has 0 aliphatic heterocycles. The Bertz CT molecular complexity index is 688. The fourth-order valence-electron chi connectivity index (χ4n) is 2.91. The topological polar surface area (TPSA) is 80.3 Å². The minimum atomic E-state index is -3.48. The first kappa shape index (κ1) is 17.4. The molecule has 0 bridgehead atoms. The average Bonchev–Trinajstić information content (AvgIpc) is 2.48. The molecular formula is C15H23NO4S2. The molecule has 1 aliphatic rings. The average molecular weight is 345 g/mol. The van der Waals surface area contributed by atoms with Crippen LogP contribution in [0.1, 0.15) is 37.7 Å². The molecule has 1 aromatic carbocycles. The van der Waals surface area contributed by atoms with Crippen LogP contribution < -0.4 is 4.72 Å². The van der Waals surface area contributed by atoms with Crippen molar-refractivity contribution in [2.75, 3.05) is 12.8 Å². The number of hydrogen-bond donors (Lipinski definition) is 1. The number of sulfonamides is 1. The van der Waals surface area contributed by atoms with E-state index in [1.807, 2.05) is 0 Å². The van der Waals surface area contributed by atoms with Crippen LogP contribution in [0.15, 0.2) is 29.2 Å². The Kier molecular flexibility index (Phi) is 5.63. The van der Waals surface area contributed by atoms with Gasteiger partial charge < -0.3 is 0 Å². The first-order valence-corrected chi connectivity index (χ1v) is 10.9. The molecule has 0 unspecified atom stereocenters. The number of nitrogens with one attached hydrogen (secondary N) is 1. The van der Waals surface area contributed by atoms with Gasteiger partial charge in [-0.2, -0.15) is 0 Å². The molecule has 1 saturated carbocycles. The van der Waals surface area contributed by atoms with Gasteiger partial charge in [-0.25, -0.2) is 21.6 Å². The van der Waals surface area contributed by atoms with Crippen molar-refractivity contribution >= 4 is 19.9 Å². The van der Waals surface area contributed by atoms with E-state index in [-0.39, 0.29) is 22.3 Å². The lowest BCUT2D eigenvalue weighted by Gasteiger charge is -2.21. The Balaban J connectivity index is 2.03.